The maximum Gasteiger partial charge on any atom is 0.123 e. The fourth-order valence-electron chi connectivity index (χ4n) is 2.44. The first-order valence-corrected chi connectivity index (χ1v) is 6.44. The Hall–Kier alpha value is -0.850. The number of nitrogen functional groups attached to an aromatic ring is 1. The van der Waals surface area contributed by atoms with Crippen molar-refractivity contribution in [3.05, 3.63) is 18.3 Å². The van der Waals surface area contributed by atoms with E-state index in [2.05, 4.69) is 30.0 Å². The second-order valence-corrected chi connectivity index (χ2v) is 5.56. The Kier molecular flexibility index (Phi) is 2.94. The van der Waals surface area contributed by atoms with Crippen LogP contribution in [0.15, 0.2) is 18.3 Å². The summed E-state index contributed by atoms with van der Waals surface area (Å²) in [4.78, 5) is 6.46. The molecule has 0 aromatic carbocycles. The second kappa shape index (κ2) is 4.44. The van der Waals surface area contributed by atoms with Crippen LogP contribution in [0.25, 0.3) is 0 Å². The highest BCUT2D eigenvalue weighted by Crippen LogP contribution is 2.25. The van der Waals surface area contributed by atoms with E-state index in [0.717, 1.165) is 31.9 Å². The molecule has 1 aromatic heterocycles. The van der Waals surface area contributed by atoms with Gasteiger partial charge in [-0.25, -0.2) is 8.91 Å². The van der Waals surface area contributed by atoms with Gasteiger partial charge in [-0.2, -0.15) is 0 Å². The number of fused-ring (bicyclic) bond motifs is 2. The smallest absolute Gasteiger partial charge is 0.123 e. The van der Waals surface area contributed by atoms with E-state index in [4.69, 9.17) is 10.5 Å². The summed E-state index contributed by atoms with van der Waals surface area (Å²) in [5, 5.41) is 0. The molecule has 17 heavy (non-hydrogen) atoms. The highest BCUT2D eigenvalue weighted by atomic mass is 79.9. The van der Waals surface area contributed by atoms with Crippen molar-refractivity contribution in [1.82, 2.24) is 8.91 Å². The fraction of sp³-hybridized carbons (Fsp3) is 0.545. The Morgan fingerprint density at radius 2 is 1.94 bits per heavy atom. The Bertz CT molecular complexity index is 381. The van der Waals surface area contributed by atoms with Crippen LogP contribution < -0.4 is 10.6 Å². The number of nitrogens with zero attached hydrogens (tertiary/aromatic N) is 3. The topological polar surface area (TPSA) is 54.6 Å². The average Bonchev–Trinajstić information content (AvgIpc) is 2.28. The lowest BCUT2D eigenvalue weighted by molar-refractivity contribution is -0.0691. The fourth-order valence-corrected chi connectivity index (χ4v) is 3.08. The Morgan fingerprint density at radius 3 is 2.53 bits per heavy atom. The molecule has 2 atom stereocenters. The van der Waals surface area contributed by atoms with Gasteiger partial charge in [0.1, 0.15) is 5.82 Å². The molecule has 1 aromatic rings. The number of pyridine rings is 1. The summed E-state index contributed by atoms with van der Waals surface area (Å²) < 4.78 is 8.07. The van der Waals surface area contributed by atoms with E-state index < -0.39 is 0 Å². The number of aromatic nitrogens is 1. The number of nitrogens with two attached hydrogens (primary N) is 1. The zero-order valence-corrected chi connectivity index (χ0v) is 11.0. The van der Waals surface area contributed by atoms with Gasteiger partial charge in [0, 0.05) is 42.3 Å². The molecule has 5 nitrogen and oxygen atoms in total. The van der Waals surface area contributed by atoms with Crippen molar-refractivity contribution in [2.45, 2.75) is 12.2 Å². The minimum Gasteiger partial charge on any atom is -0.384 e. The van der Waals surface area contributed by atoms with Gasteiger partial charge in [-0.05, 0) is 12.1 Å². The van der Waals surface area contributed by atoms with Crippen LogP contribution >= 0.6 is 16.1 Å². The molecular weight excluding hydrogens is 284 g/mol. The minimum atomic E-state index is 0.263. The van der Waals surface area contributed by atoms with Crippen LogP contribution in [0.1, 0.15) is 0 Å². The van der Waals surface area contributed by atoms with Gasteiger partial charge in [0.2, 0.25) is 0 Å². The Balaban J connectivity index is 1.75. The molecule has 2 aliphatic heterocycles. The number of hydrogen-bond donors (Lipinski definition) is 1. The molecule has 3 rings (SSSR count). The van der Waals surface area contributed by atoms with Crippen LogP contribution in [0, 0.1) is 0 Å². The maximum atomic E-state index is 5.91. The summed E-state index contributed by atoms with van der Waals surface area (Å²) in [6.45, 7) is 3.67. The number of rotatable bonds is 1. The standard InChI is InChI=1S/C11H15BrN4O/c12-16-6-9-4-15(5-10(7-16)17-9)8-1-2-11(13)14-3-8/h1-3,9-10H,4-7H2,(H2,13,14)/t9-,10?/m1/s1. The molecule has 6 heteroatoms. The zero-order chi connectivity index (χ0) is 11.8. The monoisotopic (exact) mass is 298 g/mol. The number of anilines is 2. The van der Waals surface area contributed by atoms with Gasteiger partial charge in [-0.3, -0.25) is 0 Å². The van der Waals surface area contributed by atoms with Crippen LogP contribution in [-0.4, -0.2) is 47.3 Å². The average molecular weight is 299 g/mol. The van der Waals surface area contributed by atoms with Gasteiger partial charge in [0.05, 0.1) is 24.1 Å². The third kappa shape index (κ3) is 2.38. The lowest BCUT2D eigenvalue weighted by Crippen LogP contribution is -2.57. The summed E-state index contributed by atoms with van der Waals surface area (Å²) >= 11 is 3.54. The lowest BCUT2D eigenvalue weighted by Gasteiger charge is -2.44. The highest BCUT2D eigenvalue weighted by Gasteiger charge is 2.34. The second-order valence-electron chi connectivity index (χ2n) is 4.55. The number of ether oxygens (including phenoxy) is 1. The first-order valence-electron chi connectivity index (χ1n) is 5.73. The van der Waals surface area contributed by atoms with E-state index in [1.54, 1.807) is 0 Å². The van der Waals surface area contributed by atoms with Crippen LogP contribution in [0.3, 0.4) is 0 Å². The van der Waals surface area contributed by atoms with Gasteiger partial charge in [-0.15, -0.1) is 0 Å². The summed E-state index contributed by atoms with van der Waals surface area (Å²) in [6.07, 6.45) is 2.36. The quantitative estimate of drug-likeness (QED) is 0.780. The number of morpholine rings is 2. The molecule has 2 aliphatic rings. The van der Waals surface area contributed by atoms with E-state index in [0.29, 0.717) is 5.82 Å². The van der Waals surface area contributed by atoms with Crippen molar-refractivity contribution in [3.8, 4) is 0 Å². The molecule has 2 N–H and O–H groups in total. The van der Waals surface area contributed by atoms with Gasteiger partial charge in [0.25, 0.3) is 0 Å². The van der Waals surface area contributed by atoms with Crippen molar-refractivity contribution in [3.63, 3.8) is 0 Å². The molecule has 1 unspecified atom stereocenters. The summed E-state index contributed by atoms with van der Waals surface area (Å²) in [6, 6.07) is 3.87. The number of hydrogen-bond acceptors (Lipinski definition) is 5. The van der Waals surface area contributed by atoms with Gasteiger partial charge in [-0.1, -0.05) is 0 Å². The van der Waals surface area contributed by atoms with Crippen LogP contribution in [0.2, 0.25) is 0 Å². The van der Waals surface area contributed by atoms with Crippen molar-refractivity contribution >= 4 is 27.7 Å². The van der Waals surface area contributed by atoms with Crippen LogP contribution in [0.5, 0.6) is 0 Å². The molecule has 2 fully saturated rings. The molecular formula is C11H15BrN4O. The van der Waals surface area contributed by atoms with Crippen LogP contribution in [-0.2, 0) is 4.74 Å². The zero-order valence-electron chi connectivity index (χ0n) is 9.42. The van der Waals surface area contributed by atoms with E-state index in [9.17, 15) is 0 Å². The number of halogens is 1. The molecule has 2 saturated heterocycles. The predicted octanol–water partition coefficient (Wildman–Crippen LogP) is 0.863. The highest BCUT2D eigenvalue weighted by molar-refractivity contribution is 9.07. The summed E-state index contributed by atoms with van der Waals surface area (Å²) in [5.41, 5.74) is 6.72. The largest absolute Gasteiger partial charge is 0.384 e. The molecule has 0 spiro atoms. The van der Waals surface area contributed by atoms with Crippen molar-refractivity contribution in [2.24, 2.45) is 0 Å². The van der Waals surface area contributed by atoms with E-state index in [1.165, 1.54) is 0 Å². The first kappa shape index (κ1) is 11.3. The normalized spacial score (nSPS) is 29.4. The molecule has 2 bridgehead atoms. The molecule has 0 radical (unpaired) electrons. The summed E-state index contributed by atoms with van der Waals surface area (Å²) in [7, 11) is 0. The van der Waals surface area contributed by atoms with E-state index in [1.807, 2.05) is 18.3 Å². The van der Waals surface area contributed by atoms with Crippen LogP contribution in [0.4, 0.5) is 11.5 Å². The van der Waals surface area contributed by atoms with Gasteiger partial charge >= 0.3 is 0 Å². The minimum absolute atomic E-state index is 0.263. The Morgan fingerprint density at radius 1 is 1.24 bits per heavy atom. The molecule has 0 amide bonds. The van der Waals surface area contributed by atoms with E-state index in [-0.39, 0.29) is 12.2 Å². The van der Waals surface area contributed by atoms with Crippen molar-refractivity contribution < 1.29 is 4.74 Å². The first-order chi connectivity index (χ1) is 8.20. The van der Waals surface area contributed by atoms with E-state index >= 15 is 0 Å². The Labute approximate surface area is 109 Å². The molecule has 0 saturated carbocycles. The molecule has 92 valence electrons. The molecule has 3 heterocycles. The third-order valence-electron chi connectivity index (χ3n) is 3.17. The third-order valence-corrected chi connectivity index (χ3v) is 3.75. The predicted molar refractivity (Wildman–Crippen MR) is 70.0 cm³/mol. The lowest BCUT2D eigenvalue weighted by atomic mass is 10.1. The van der Waals surface area contributed by atoms with Gasteiger partial charge in [0.15, 0.2) is 0 Å². The van der Waals surface area contributed by atoms with Gasteiger partial charge < -0.3 is 15.4 Å². The summed E-state index contributed by atoms with van der Waals surface area (Å²) in [5.74, 6) is 0.564. The maximum absolute atomic E-state index is 5.91. The molecule has 0 aliphatic carbocycles. The van der Waals surface area contributed by atoms with Crippen molar-refractivity contribution in [1.29, 1.82) is 0 Å². The van der Waals surface area contributed by atoms with Crippen molar-refractivity contribution in [2.75, 3.05) is 36.8 Å². The SMILES string of the molecule is Nc1ccc(N2CC3CN(Br)C[C@@H](C2)O3)cn1.